The Hall–Kier alpha value is -3.26. The summed E-state index contributed by atoms with van der Waals surface area (Å²) in [6.07, 6.45) is 3.72. The number of nitriles is 1. The third kappa shape index (κ3) is 4.49. The van der Waals surface area contributed by atoms with Crippen LogP contribution in [0.25, 0.3) is 0 Å². The summed E-state index contributed by atoms with van der Waals surface area (Å²) in [5.74, 6) is -2.82. The lowest BCUT2D eigenvalue weighted by Gasteiger charge is -2.57. The lowest BCUT2D eigenvalue weighted by atomic mass is 9.82. The average molecular weight is 417 g/mol. The van der Waals surface area contributed by atoms with Crippen molar-refractivity contribution >= 4 is 17.9 Å². The number of guanidine groups is 1. The predicted octanol–water partition coefficient (Wildman–Crippen LogP) is 1.09. The average Bonchev–Trinajstić information content (AvgIpc) is 2.69. The van der Waals surface area contributed by atoms with Crippen molar-refractivity contribution in [3.05, 3.63) is 35.7 Å². The summed E-state index contributed by atoms with van der Waals surface area (Å²) in [4.78, 5) is 11.3. The second kappa shape index (κ2) is 8.62. The van der Waals surface area contributed by atoms with Crippen molar-refractivity contribution in [3.8, 4) is 6.07 Å². The van der Waals surface area contributed by atoms with Crippen molar-refractivity contribution < 1.29 is 8.78 Å². The Balaban J connectivity index is 1.77. The van der Waals surface area contributed by atoms with E-state index < -0.39 is 11.5 Å². The molecule has 0 unspecified atom stereocenters. The fraction of sp³-hybridized carbons (Fsp3) is 0.474. The molecular weight excluding hydrogens is 392 g/mol. The number of nitrogens with zero attached hydrogens (tertiary/aromatic N) is 4. The van der Waals surface area contributed by atoms with Gasteiger partial charge < -0.3 is 26.3 Å². The molecule has 0 radical (unpaired) electrons. The van der Waals surface area contributed by atoms with Crippen LogP contribution in [0.15, 0.2) is 35.2 Å². The summed E-state index contributed by atoms with van der Waals surface area (Å²) >= 11 is 0. The fourth-order valence-electron chi connectivity index (χ4n) is 3.88. The molecule has 6 N–H and O–H groups in total. The van der Waals surface area contributed by atoms with E-state index in [0.717, 1.165) is 11.9 Å². The maximum Gasteiger partial charge on any atom is 0.250 e. The highest BCUT2D eigenvalue weighted by Crippen LogP contribution is 2.38. The number of alkyl halides is 2. The topological polar surface area (TPSA) is 144 Å². The summed E-state index contributed by atoms with van der Waals surface area (Å²) in [6, 6.07) is 5.86. The maximum atomic E-state index is 13.6. The first-order valence-electron chi connectivity index (χ1n) is 9.58. The summed E-state index contributed by atoms with van der Waals surface area (Å²) < 4.78 is 27.1. The van der Waals surface area contributed by atoms with Crippen LogP contribution in [0.2, 0.25) is 0 Å². The molecule has 2 aliphatic heterocycles. The van der Waals surface area contributed by atoms with Crippen molar-refractivity contribution in [1.29, 1.82) is 16.1 Å². The van der Waals surface area contributed by atoms with E-state index in [9.17, 15) is 14.0 Å². The number of anilines is 1. The number of likely N-dealkylation sites (tertiary alicyclic amines) is 1. The summed E-state index contributed by atoms with van der Waals surface area (Å²) in [5.41, 5.74) is 6.33. The minimum atomic E-state index is -2.63. The van der Waals surface area contributed by atoms with Crippen LogP contribution in [0.5, 0.6) is 0 Å². The van der Waals surface area contributed by atoms with Gasteiger partial charge in [-0.25, -0.2) is 8.78 Å². The van der Waals surface area contributed by atoms with Crippen LogP contribution in [0.3, 0.4) is 0 Å². The molecule has 0 atom stereocenters. The Labute approximate surface area is 172 Å². The van der Waals surface area contributed by atoms with E-state index in [4.69, 9.17) is 16.6 Å². The smallest absolute Gasteiger partial charge is 0.250 e. The van der Waals surface area contributed by atoms with Crippen molar-refractivity contribution in [1.82, 2.24) is 15.2 Å². The number of aromatic amines is 1. The van der Waals surface area contributed by atoms with Gasteiger partial charge in [0.15, 0.2) is 5.49 Å². The van der Waals surface area contributed by atoms with Crippen molar-refractivity contribution in [2.75, 3.05) is 31.1 Å². The lowest BCUT2D eigenvalue weighted by molar-refractivity contribution is -0.0832. The summed E-state index contributed by atoms with van der Waals surface area (Å²) in [6.45, 7) is 1.57. The quantitative estimate of drug-likeness (QED) is 0.360. The number of nitrogens with one attached hydrogen (secondary N) is 4. The van der Waals surface area contributed by atoms with E-state index in [0.29, 0.717) is 18.6 Å². The SMILES string of the molecule is N#CCC1(N2CCC(F)(F)CC2)CN(c2ccc[nH]/c2=N\C(=N)N/C(C=N)=C/N)C1. The number of hydrogen-bond acceptors (Lipinski definition) is 6. The minimum absolute atomic E-state index is 0.188. The molecule has 1 aromatic rings. The molecule has 0 amide bonds. The molecule has 2 saturated heterocycles. The van der Waals surface area contributed by atoms with Crippen molar-refractivity contribution in [2.45, 2.75) is 30.7 Å². The Morgan fingerprint density at radius 3 is 2.70 bits per heavy atom. The maximum absolute atomic E-state index is 13.6. The number of rotatable bonds is 5. The molecule has 3 rings (SSSR count). The Morgan fingerprint density at radius 2 is 2.10 bits per heavy atom. The van der Waals surface area contributed by atoms with Gasteiger partial charge in [-0.15, -0.1) is 0 Å². The van der Waals surface area contributed by atoms with E-state index >= 15 is 0 Å². The standard InChI is InChI=1S/C19H25F2N9/c20-19(21)4-8-30(9-5-19)18(3-6-22)12-29(13-18)15-2-1-7-26-16(15)28-17(25)27-14(10-23)11-24/h1-2,7,10-11,23H,3-5,8-9,12-13,24H2,(H3,25,26,27,28)/b14-11+,23-10?. The number of hydrogen-bond donors (Lipinski definition) is 5. The molecule has 3 heterocycles. The number of allylic oxidation sites excluding steroid dienone is 1. The number of pyridine rings is 1. The second-order valence-corrected chi connectivity index (χ2v) is 7.51. The summed E-state index contributed by atoms with van der Waals surface area (Å²) in [7, 11) is 0. The van der Waals surface area contributed by atoms with Crippen LogP contribution in [-0.2, 0) is 0 Å². The molecular formula is C19H25F2N9. The first kappa shape index (κ1) is 21.4. The third-order valence-electron chi connectivity index (χ3n) is 5.52. The Morgan fingerprint density at radius 1 is 1.40 bits per heavy atom. The van der Waals surface area contributed by atoms with Crippen LogP contribution in [0.4, 0.5) is 14.5 Å². The van der Waals surface area contributed by atoms with Gasteiger partial charge in [0.25, 0.3) is 5.92 Å². The molecule has 11 heteroatoms. The lowest BCUT2D eigenvalue weighted by Crippen LogP contribution is -2.72. The first-order valence-corrected chi connectivity index (χ1v) is 9.58. The van der Waals surface area contributed by atoms with Gasteiger partial charge in [0.05, 0.1) is 29.4 Å². The van der Waals surface area contributed by atoms with Crippen LogP contribution < -0.4 is 21.4 Å². The van der Waals surface area contributed by atoms with E-state index in [1.165, 1.54) is 6.20 Å². The fourth-order valence-corrected chi connectivity index (χ4v) is 3.88. The normalized spacial score (nSPS) is 21.4. The van der Waals surface area contributed by atoms with E-state index in [2.05, 4.69) is 21.4 Å². The van der Waals surface area contributed by atoms with Gasteiger partial charge in [-0.05, 0) is 12.1 Å². The van der Waals surface area contributed by atoms with Gasteiger partial charge in [-0.2, -0.15) is 10.3 Å². The largest absolute Gasteiger partial charge is 0.403 e. The van der Waals surface area contributed by atoms with Crippen molar-refractivity contribution in [3.63, 3.8) is 0 Å². The first-order chi connectivity index (χ1) is 14.3. The zero-order valence-electron chi connectivity index (χ0n) is 16.5. The number of nitrogens with two attached hydrogens (primary N) is 1. The molecule has 2 aliphatic rings. The van der Waals surface area contributed by atoms with Crippen molar-refractivity contribution in [2.24, 2.45) is 10.7 Å². The summed E-state index contributed by atoms with van der Waals surface area (Å²) in [5, 5.41) is 27.1. The monoisotopic (exact) mass is 417 g/mol. The third-order valence-corrected chi connectivity index (χ3v) is 5.52. The Bertz CT molecular complexity index is 928. The second-order valence-electron chi connectivity index (χ2n) is 7.51. The van der Waals surface area contributed by atoms with E-state index in [-0.39, 0.29) is 44.0 Å². The van der Waals surface area contributed by atoms with Gasteiger partial charge in [-0.1, -0.05) is 0 Å². The molecule has 1 aromatic heterocycles. The van der Waals surface area contributed by atoms with Gasteiger partial charge in [0.1, 0.15) is 0 Å². The molecule has 0 saturated carbocycles. The molecule has 160 valence electrons. The molecule has 0 spiro atoms. The molecule has 2 fully saturated rings. The van der Waals surface area contributed by atoms with E-state index in [1.807, 2.05) is 15.9 Å². The number of aromatic nitrogens is 1. The van der Waals surface area contributed by atoms with Crippen LogP contribution in [0, 0.1) is 22.1 Å². The molecule has 0 aliphatic carbocycles. The highest BCUT2D eigenvalue weighted by atomic mass is 19.3. The minimum Gasteiger partial charge on any atom is -0.403 e. The zero-order chi connectivity index (χ0) is 21.8. The van der Waals surface area contributed by atoms with Gasteiger partial charge in [0, 0.05) is 57.6 Å². The Kier molecular flexibility index (Phi) is 6.17. The number of piperidine rings is 1. The number of H-pyrrole nitrogens is 1. The highest BCUT2D eigenvalue weighted by molar-refractivity contribution is 5.87. The van der Waals surface area contributed by atoms with Crippen LogP contribution in [0.1, 0.15) is 19.3 Å². The van der Waals surface area contributed by atoms with Gasteiger partial charge >= 0.3 is 0 Å². The highest BCUT2D eigenvalue weighted by Gasteiger charge is 2.50. The van der Waals surface area contributed by atoms with Crippen LogP contribution in [-0.4, -0.2) is 59.7 Å². The molecule has 0 bridgehead atoms. The zero-order valence-corrected chi connectivity index (χ0v) is 16.5. The predicted molar refractivity (Wildman–Crippen MR) is 109 cm³/mol. The van der Waals surface area contributed by atoms with Crippen LogP contribution >= 0.6 is 0 Å². The van der Waals surface area contributed by atoms with Gasteiger partial charge in [-0.3, -0.25) is 10.3 Å². The molecule has 9 nitrogen and oxygen atoms in total. The molecule has 0 aromatic carbocycles. The molecule has 30 heavy (non-hydrogen) atoms. The van der Waals surface area contributed by atoms with E-state index in [1.54, 1.807) is 12.3 Å². The van der Waals surface area contributed by atoms with Gasteiger partial charge in [0.2, 0.25) is 5.96 Å². The number of halogens is 2.